The average molecular weight is 593 g/mol. The molecule has 11 heteroatoms. The van der Waals surface area contributed by atoms with Crippen LogP contribution in [0.4, 0.5) is 0 Å². The number of likely N-dealkylation sites (N-methyl/N-ethyl adjacent to an activating group) is 2. The largest absolute Gasteiger partial charge is 0.478 e. The van der Waals surface area contributed by atoms with Gasteiger partial charge in [0.25, 0.3) is 17.7 Å². The number of nitrogens with one attached hydrogen (secondary N) is 2. The fraction of sp³-hybridized carbons (Fsp3) is 0.242. The molecule has 0 aromatic heterocycles. The highest BCUT2D eigenvalue weighted by atomic mass is 16.4. The first-order chi connectivity index (χ1) is 21.0. The van der Waals surface area contributed by atoms with Gasteiger partial charge in [-0.15, -0.1) is 0 Å². The van der Waals surface area contributed by atoms with Crippen LogP contribution in [-0.2, 0) is 0 Å². The van der Waals surface area contributed by atoms with Crippen LogP contribution in [0.15, 0.2) is 47.5 Å². The lowest BCUT2D eigenvalue weighted by atomic mass is 9.81. The van der Waals surface area contributed by atoms with Gasteiger partial charge >= 0.3 is 5.97 Å². The van der Waals surface area contributed by atoms with E-state index in [1.807, 2.05) is 38.0 Å². The number of carboxylic acid groups (broad SMARTS) is 1. The van der Waals surface area contributed by atoms with E-state index < -0.39 is 17.8 Å². The Bertz CT molecular complexity index is 2060. The number of carbonyl (C=O) groups excluding carboxylic acids is 3. The summed E-state index contributed by atoms with van der Waals surface area (Å²) in [6, 6.07) is 11.8. The fourth-order valence-electron chi connectivity index (χ4n) is 6.12. The number of amidine groups is 1. The first-order valence-corrected chi connectivity index (χ1v) is 14.2. The zero-order chi connectivity index (χ0) is 31.4. The zero-order valence-electron chi connectivity index (χ0n) is 24.9. The SMILES string of the molecule is CN(C)CCN=C(N)c1cc(C(=O)O)c2c3ccc4c5c(ccc(c6ccc(C(=O)NCCN(C)C)c1c62)c53)C(=O)NC4=O. The number of fused-ring (bicyclic) bond motifs is 2. The number of imide groups is 1. The third-order valence-corrected chi connectivity index (χ3v) is 8.14. The molecule has 3 amide bonds. The molecular formula is C33H32N6O5. The fourth-order valence-corrected chi connectivity index (χ4v) is 6.12. The van der Waals surface area contributed by atoms with E-state index in [9.17, 15) is 24.3 Å². The lowest BCUT2D eigenvalue weighted by Crippen LogP contribution is -2.34. The Kier molecular flexibility index (Phi) is 7.14. The van der Waals surface area contributed by atoms with E-state index in [2.05, 4.69) is 15.6 Å². The monoisotopic (exact) mass is 592 g/mol. The molecule has 0 aliphatic carbocycles. The van der Waals surface area contributed by atoms with Gasteiger partial charge in [0.1, 0.15) is 5.84 Å². The predicted molar refractivity (Wildman–Crippen MR) is 171 cm³/mol. The van der Waals surface area contributed by atoms with Crippen LogP contribution >= 0.6 is 0 Å². The predicted octanol–water partition coefficient (Wildman–Crippen LogP) is 2.88. The van der Waals surface area contributed by atoms with Crippen molar-refractivity contribution in [3.05, 3.63) is 70.3 Å². The molecule has 0 unspecified atom stereocenters. The van der Waals surface area contributed by atoms with Crippen LogP contribution in [0.1, 0.15) is 47.0 Å². The number of rotatable bonds is 9. The number of hydrogen-bond acceptors (Lipinski definition) is 7. The van der Waals surface area contributed by atoms with Crippen molar-refractivity contribution in [3.8, 4) is 0 Å². The molecule has 0 saturated carbocycles. The minimum absolute atomic E-state index is 0.0254. The molecule has 5 aromatic rings. The van der Waals surface area contributed by atoms with E-state index in [-0.39, 0.29) is 17.3 Å². The number of benzene rings is 5. The van der Waals surface area contributed by atoms with Crippen molar-refractivity contribution in [2.45, 2.75) is 0 Å². The molecule has 0 fully saturated rings. The summed E-state index contributed by atoms with van der Waals surface area (Å²) in [7, 11) is 7.66. The number of hydrogen-bond donors (Lipinski definition) is 4. The molecule has 5 N–H and O–H groups in total. The summed E-state index contributed by atoms with van der Waals surface area (Å²) in [6.07, 6.45) is 0. The standard InChI is InChI=1S/C33H32N6O5/c1-38(2)13-11-35-29(34)22-15-23(33(43)44)25-18-7-10-21-26-20(31(41)37-32(21)42)9-5-16(24(18)26)17-6-8-19(27(22)28(17)25)30(40)36-12-14-39(3)4/h5-10,15H,11-14H2,1-4H3,(H2,34,35)(H,36,40)(H,43,44)(H,37,41,42). The second-order valence-corrected chi connectivity index (χ2v) is 11.5. The summed E-state index contributed by atoms with van der Waals surface area (Å²) >= 11 is 0. The first kappa shape index (κ1) is 29.0. The number of aromatic carboxylic acids is 1. The molecule has 11 nitrogen and oxygen atoms in total. The van der Waals surface area contributed by atoms with E-state index in [1.54, 1.807) is 36.4 Å². The molecule has 0 atom stereocenters. The molecule has 0 bridgehead atoms. The maximum Gasteiger partial charge on any atom is 0.336 e. The second-order valence-electron chi connectivity index (χ2n) is 11.5. The highest BCUT2D eigenvalue weighted by molar-refractivity contribution is 6.41. The van der Waals surface area contributed by atoms with E-state index in [0.717, 1.165) is 5.39 Å². The van der Waals surface area contributed by atoms with Crippen LogP contribution in [0.25, 0.3) is 43.1 Å². The van der Waals surface area contributed by atoms with Gasteiger partial charge in [0.15, 0.2) is 0 Å². The van der Waals surface area contributed by atoms with Crippen molar-refractivity contribution >= 4 is 72.6 Å². The minimum atomic E-state index is -1.19. The third-order valence-electron chi connectivity index (χ3n) is 8.14. The topological polar surface area (TPSA) is 157 Å². The van der Waals surface area contributed by atoms with E-state index >= 15 is 0 Å². The molecule has 44 heavy (non-hydrogen) atoms. The summed E-state index contributed by atoms with van der Waals surface area (Å²) in [5, 5.41) is 20.3. The van der Waals surface area contributed by atoms with Gasteiger partial charge in [0.05, 0.1) is 12.1 Å². The van der Waals surface area contributed by atoms with Crippen LogP contribution in [0.2, 0.25) is 0 Å². The molecule has 5 aromatic carbocycles. The van der Waals surface area contributed by atoms with Gasteiger partial charge < -0.3 is 26.0 Å². The van der Waals surface area contributed by atoms with Crippen molar-refractivity contribution in [2.24, 2.45) is 10.7 Å². The lowest BCUT2D eigenvalue weighted by molar-refractivity contribution is 0.0697. The number of nitrogens with two attached hydrogens (primary N) is 1. The van der Waals surface area contributed by atoms with Crippen molar-refractivity contribution in [1.82, 2.24) is 20.4 Å². The molecule has 0 spiro atoms. The Morgan fingerprint density at radius 2 is 1.39 bits per heavy atom. The Labute approximate surface area is 252 Å². The molecule has 1 heterocycles. The zero-order valence-corrected chi connectivity index (χ0v) is 24.9. The molecule has 224 valence electrons. The number of aliphatic imine (C=N–C) groups is 1. The third kappa shape index (κ3) is 4.57. The lowest BCUT2D eigenvalue weighted by Gasteiger charge is -2.23. The number of carbonyl (C=O) groups is 4. The van der Waals surface area contributed by atoms with Gasteiger partial charge in [-0.1, -0.05) is 18.2 Å². The first-order valence-electron chi connectivity index (χ1n) is 14.2. The van der Waals surface area contributed by atoms with Crippen LogP contribution in [0.5, 0.6) is 0 Å². The van der Waals surface area contributed by atoms with Gasteiger partial charge in [-0.2, -0.15) is 0 Å². The normalized spacial score (nSPS) is 13.6. The van der Waals surface area contributed by atoms with Crippen LogP contribution in [0.3, 0.4) is 0 Å². The summed E-state index contributed by atoms with van der Waals surface area (Å²) < 4.78 is 0. The van der Waals surface area contributed by atoms with Crippen molar-refractivity contribution < 1.29 is 24.3 Å². The van der Waals surface area contributed by atoms with E-state index in [4.69, 9.17) is 5.73 Å². The van der Waals surface area contributed by atoms with Crippen molar-refractivity contribution in [1.29, 1.82) is 0 Å². The summed E-state index contributed by atoms with van der Waals surface area (Å²) in [6.45, 7) is 2.03. The smallest absolute Gasteiger partial charge is 0.336 e. The average Bonchev–Trinajstić information content (AvgIpc) is 2.97. The summed E-state index contributed by atoms with van der Waals surface area (Å²) in [5.74, 6) is -2.41. The molecule has 6 rings (SSSR count). The van der Waals surface area contributed by atoms with Crippen LogP contribution in [-0.4, -0.2) is 98.8 Å². The Morgan fingerprint density at radius 3 is 2.02 bits per heavy atom. The maximum atomic E-state index is 13.7. The van der Waals surface area contributed by atoms with Gasteiger partial charge in [-0.3, -0.25) is 24.7 Å². The summed E-state index contributed by atoms with van der Waals surface area (Å²) in [5.41, 5.74) is 7.90. The minimum Gasteiger partial charge on any atom is -0.478 e. The quantitative estimate of drug-likeness (QED) is 0.0669. The summed E-state index contributed by atoms with van der Waals surface area (Å²) in [4.78, 5) is 60.7. The second kappa shape index (κ2) is 10.9. The van der Waals surface area contributed by atoms with Gasteiger partial charge in [0.2, 0.25) is 0 Å². The number of nitrogens with zero attached hydrogens (tertiary/aromatic N) is 3. The van der Waals surface area contributed by atoms with Gasteiger partial charge in [0, 0.05) is 58.0 Å². The molecule has 0 radical (unpaired) electrons. The van der Waals surface area contributed by atoms with E-state index in [1.165, 1.54) is 6.07 Å². The van der Waals surface area contributed by atoms with Gasteiger partial charge in [-0.25, -0.2) is 4.79 Å². The number of amides is 3. The van der Waals surface area contributed by atoms with Crippen LogP contribution < -0.4 is 16.4 Å². The Balaban J connectivity index is 1.77. The van der Waals surface area contributed by atoms with Crippen molar-refractivity contribution in [2.75, 3.05) is 54.4 Å². The van der Waals surface area contributed by atoms with Crippen LogP contribution in [0, 0.1) is 0 Å². The molecule has 0 saturated heterocycles. The Hall–Kier alpha value is -5.13. The highest BCUT2D eigenvalue weighted by Gasteiger charge is 2.30. The highest BCUT2D eigenvalue weighted by Crippen LogP contribution is 2.45. The molecule has 1 aliphatic rings. The Morgan fingerprint density at radius 1 is 0.773 bits per heavy atom. The molecule has 1 aliphatic heterocycles. The molecular weight excluding hydrogens is 560 g/mol. The maximum absolute atomic E-state index is 13.7. The van der Waals surface area contributed by atoms with E-state index in [0.29, 0.717) is 86.1 Å². The van der Waals surface area contributed by atoms with Crippen molar-refractivity contribution in [3.63, 3.8) is 0 Å². The number of carboxylic acids is 1. The van der Waals surface area contributed by atoms with Gasteiger partial charge in [-0.05, 0) is 79.4 Å².